The summed E-state index contributed by atoms with van der Waals surface area (Å²) in [5, 5.41) is 3.14. The van der Waals surface area contributed by atoms with Crippen molar-refractivity contribution in [2.75, 3.05) is 19.8 Å². The Morgan fingerprint density at radius 3 is 2.71 bits per heavy atom. The third kappa shape index (κ3) is 4.48. The standard InChI is InChI=1S/C19H28N2O3/c20-10-11-23-17-6-4-15(5-7-17)12-18(22)21-16-13-19(24-14-16)8-2-1-3-9-19/h4-7,16H,1-3,8-14,20H2,(H,21,22)/t16-/m0/s1. The molecule has 1 saturated carbocycles. The minimum Gasteiger partial charge on any atom is -0.492 e. The number of amides is 1. The van der Waals surface area contributed by atoms with Crippen LogP contribution in [0.4, 0.5) is 0 Å². The molecular weight excluding hydrogens is 304 g/mol. The number of carbonyl (C=O) groups excluding carboxylic acids is 1. The van der Waals surface area contributed by atoms with E-state index in [4.69, 9.17) is 15.2 Å². The van der Waals surface area contributed by atoms with Crippen LogP contribution < -0.4 is 15.8 Å². The summed E-state index contributed by atoms with van der Waals surface area (Å²) in [5.41, 5.74) is 6.44. The van der Waals surface area contributed by atoms with Crippen LogP contribution in [-0.2, 0) is 16.0 Å². The van der Waals surface area contributed by atoms with E-state index in [-0.39, 0.29) is 17.6 Å². The second-order valence-electron chi connectivity index (χ2n) is 6.98. The molecule has 1 heterocycles. The molecule has 1 atom stereocenters. The largest absolute Gasteiger partial charge is 0.492 e. The van der Waals surface area contributed by atoms with Crippen molar-refractivity contribution >= 4 is 5.91 Å². The lowest BCUT2D eigenvalue weighted by atomic mass is 9.82. The maximum Gasteiger partial charge on any atom is 0.224 e. The Morgan fingerprint density at radius 2 is 2.00 bits per heavy atom. The fraction of sp³-hybridized carbons (Fsp3) is 0.632. The maximum atomic E-state index is 12.3. The lowest BCUT2D eigenvalue weighted by molar-refractivity contribution is -0.121. The van der Waals surface area contributed by atoms with Crippen LogP contribution in [0.1, 0.15) is 44.1 Å². The van der Waals surface area contributed by atoms with Gasteiger partial charge < -0.3 is 20.5 Å². The van der Waals surface area contributed by atoms with Gasteiger partial charge in [0.25, 0.3) is 0 Å². The molecule has 1 aliphatic heterocycles. The summed E-state index contributed by atoms with van der Waals surface area (Å²) in [7, 11) is 0. The molecule has 24 heavy (non-hydrogen) atoms. The fourth-order valence-electron chi connectivity index (χ4n) is 3.83. The number of nitrogens with two attached hydrogens (primary N) is 1. The van der Waals surface area contributed by atoms with Crippen LogP contribution in [0.15, 0.2) is 24.3 Å². The highest BCUT2D eigenvalue weighted by molar-refractivity contribution is 5.79. The van der Waals surface area contributed by atoms with Gasteiger partial charge in [0, 0.05) is 6.54 Å². The Bertz CT molecular complexity index is 538. The zero-order valence-electron chi connectivity index (χ0n) is 14.3. The lowest BCUT2D eigenvalue weighted by Crippen LogP contribution is -2.38. The Labute approximate surface area is 143 Å². The van der Waals surface area contributed by atoms with Crippen molar-refractivity contribution in [3.63, 3.8) is 0 Å². The highest BCUT2D eigenvalue weighted by Crippen LogP contribution is 2.39. The molecular formula is C19H28N2O3. The second-order valence-corrected chi connectivity index (χ2v) is 6.98. The summed E-state index contributed by atoms with van der Waals surface area (Å²) in [5.74, 6) is 0.847. The molecule has 0 radical (unpaired) electrons. The predicted molar refractivity (Wildman–Crippen MR) is 93.0 cm³/mol. The Balaban J connectivity index is 1.45. The average Bonchev–Trinajstić information content (AvgIpc) is 2.96. The topological polar surface area (TPSA) is 73.6 Å². The molecule has 0 aromatic heterocycles. The number of carbonyl (C=O) groups is 1. The van der Waals surface area contributed by atoms with Gasteiger partial charge in [-0.15, -0.1) is 0 Å². The van der Waals surface area contributed by atoms with Gasteiger partial charge in [-0.25, -0.2) is 0 Å². The van der Waals surface area contributed by atoms with Crippen molar-refractivity contribution in [1.29, 1.82) is 0 Å². The molecule has 1 aromatic rings. The molecule has 3 N–H and O–H groups in total. The minimum atomic E-state index is 0.0399. The minimum absolute atomic E-state index is 0.0399. The van der Waals surface area contributed by atoms with E-state index >= 15 is 0 Å². The van der Waals surface area contributed by atoms with E-state index in [1.54, 1.807) is 0 Å². The van der Waals surface area contributed by atoms with Crippen LogP contribution in [0.25, 0.3) is 0 Å². The van der Waals surface area contributed by atoms with Crippen molar-refractivity contribution in [3.8, 4) is 5.75 Å². The van der Waals surface area contributed by atoms with Gasteiger partial charge >= 0.3 is 0 Å². The number of rotatable bonds is 6. The van der Waals surface area contributed by atoms with Gasteiger partial charge in [-0.3, -0.25) is 4.79 Å². The van der Waals surface area contributed by atoms with Crippen LogP contribution in [0, 0.1) is 0 Å². The molecule has 1 aliphatic carbocycles. The first kappa shape index (κ1) is 17.2. The molecule has 2 aliphatic rings. The molecule has 132 valence electrons. The lowest BCUT2D eigenvalue weighted by Gasteiger charge is -2.32. The van der Waals surface area contributed by atoms with Crippen LogP contribution >= 0.6 is 0 Å². The van der Waals surface area contributed by atoms with E-state index in [0.717, 1.165) is 30.6 Å². The molecule has 1 saturated heterocycles. The van der Waals surface area contributed by atoms with Gasteiger partial charge in [0.1, 0.15) is 12.4 Å². The second kappa shape index (κ2) is 7.99. The molecule has 0 bridgehead atoms. The summed E-state index contributed by atoms with van der Waals surface area (Å²) in [6.45, 7) is 1.65. The van der Waals surface area contributed by atoms with E-state index in [1.807, 2.05) is 24.3 Å². The smallest absolute Gasteiger partial charge is 0.224 e. The van der Waals surface area contributed by atoms with Gasteiger partial charge in [-0.05, 0) is 37.0 Å². The predicted octanol–water partition coefficient (Wildman–Crippen LogP) is 2.17. The summed E-state index contributed by atoms with van der Waals surface area (Å²) in [6, 6.07) is 7.78. The zero-order valence-corrected chi connectivity index (χ0v) is 14.3. The van der Waals surface area contributed by atoms with Gasteiger partial charge in [0.05, 0.1) is 24.7 Å². The summed E-state index contributed by atoms with van der Waals surface area (Å²) in [6.07, 6.45) is 7.45. The number of benzene rings is 1. The van der Waals surface area contributed by atoms with E-state index < -0.39 is 0 Å². The van der Waals surface area contributed by atoms with Gasteiger partial charge in [-0.2, -0.15) is 0 Å². The number of ether oxygens (including phenoxy) is 2. The van der Waals surface area contributed by atoms with Crippen LogP contribution in [0.3, 0.4) is 0 Å². The molecule has 0 unspecified atom stereocenters. The van der Waals surface area contributed by atoms with Crippen molar-refractivity contribution in [2.24, 2.45) is 5.73 Å². The summed E-state index contributed by atoms with van der Waals surface area (Å²) < 4.78 is 11.5. The third-order valence-electron chi connectivity index (χ3n) is 5.01. The fourth-order valence-corrected chi connectivity index (χ4v) is 3.83. The van der Waals surface area contributed by atoms with E-state index in [9.17, 15) is 4.79 Å². The molecule has 2 fully saturated rings. The number of hydrogen-bond donors (Lipinski definition) is 2. The highest BCUT2D eigenvalue weighted by Gasteiger charge is 2.41. The Hall–Kier alpha value is -1.59. The van der Waals surface area contributed by atoms with Crippen molar-refractivity contribution in [2.45, 2.75) is 56.6 Å². The van der Waals surface area contributed by atoms with Crippen molar-refractivity contribution < 1.29 is 14.3 Å². The SMILES string of the molecule is NCCOc1ccc(CC(=O)N[C@@H]2COC3(CCCCC3)C2)cc1. The van der Waals surface area contributed by atoms with Gasteiger partial charge in [0.15, 0.2) is 0 Å². The van der Waals surface area contributed by atoms with Crippen molar-refractivity contribution in [1.82, 2.24) is 5.32 Å². The summed E-state index contributed by atoms with van der Waals surface area (Å²) >= 11 is 0. The molecule has 1 aromatic carbocycles. The first-order valence-electron chi connectivity index (χ1n) is 9.04. The molecule has 1 amide bonds. The van der Waals surface area contributed by atoms with Crippen LogP contribution in [0.2, 0.25) is 0 Å². The number of nitrogens with one attached hydrogen (secondary N) is 1. The number of hydrogen-bond acceptors (Lipinski definition) is 4. The van der Waals surface area contributed by atoms with Crippen molar-refractivity contribution in [3.05, 3.63) is 29.8 Å². The first-order valence-corrected chi connectivity index (χ1v) is 9.04. The van der Waals surface area contributed by atoms with E-state index in [0.29, 0.717) is 26.2 Å². The van der Waals surface area contributed by atoms with Gasteiger partial charge in [-0.1, -0.05) is 31.4 Å². The summed E-state index contributed by atoms with van der Waals surface area (Å²) in [4.78, 5) is 12.3. The third-order valence-corrected chi connectivity index (χ3v) is 5.01. The average molecular weight is 332 g/mol. The molecule has 5 heteroatoms. The van der Waals surface area contributed by atoms with E-state index in [1.165, 1.54) is 19.3 Å². The van der Waals surface area contributed by atoms with Crippen LogP contribution in [-0.4, -0.2) is 37.3 Å². The molecule has 3 rings (SSSR count). The first-order chi connectivity index (χ1) is 11.7. The molecule has 1 spiro atoms. The highest BCUT2D eigenvalue weighted by atomic mass is 16.5. The monoisotopic (exact) mass is 332 g/mol. The van der Waals surface area contributed by atoms with Gasteiger partial charge in [0.2, 0.25) is 5.91 Å². The van der Waals surface area contributed by atoms with Crippen LogP contribution in [0.5, 0.6) is 5.75 Å². The normalized spacial score (nSPS) is 22.5. The zero-order chi connectivity index (χ0) is 16.8. The Morgan fingerprint density at radius 1 is 1.25 bits per heavy atom. The van der Waals surface area contributed by atoms with E-state index in [2.05, 4.69) is 5.32 Å². The quantitative estimate of drug-likeness (QED) is 0.837. The molecule has 5 nitrogen and oxygen atoms in total. The maximum absolute atomic E-state index is 12.3. The Kier molecular flexibility index (Phi) is 5.74.